The Morgan fingerprint density at radius 2 is 2.15 bits per heavy atom. The molecule has 0 aliphatic rings. The van der Waals surface area contributed by atoms with E-state index in [0.717, 1.165) is 4.68 Å². The van der Waals surface area contributed by atoms with Gasteiger partial charge in [-0.05, 0) is 12.1 Å². The quantitative estimate of drug-likeness (QED) is 0.833. The largest absolute Gasteiger partial charge is 0.508 e. The highest BCUT2D eigenvalue weighted by atomic mass is 16.4. The van der Waals surface area contributed by atoms with Crippen LogP contribution in [0.3, 0.4) is 0 Å². The number of rotatable bonds is 4. The third-order valence-electron chi connectivity index (χ3n) is 2.58. The van der Waals surface area contributed by atoms with Gasteiger partial charge in [0.05, 0.1) is 6.20 Å². The third kappa shape index (κ3) is 2.91. The molecular formula is C12H12N4O4. The van der Waals surface area contributed by atoms with E-state index in [0.29, 0.717) is 5.69 Å². The molecule has 2 N–H and O–H groups in total. The molecule has 0 fully saturated rings. The second-order valence-electron chi connectivity index (χ2n) is 4.08. The Labute approximate surface area is 113 Å². The topological polar surface area (TPSA) is 109 Å². The summed E-state index contributed by atoms with van der Waals surface area (Å²) in [7, 11) is 1.52. The summed E-state index contributed by atoms with van der Waals surface area (Å²) >= 11 is 0. The molecule has 0 atom stereocenters. The van der Waals surface area contributed by atoms with Crippen molar-refractivity contribution >= 4 is 17.6 Å². The van der Waals surface area contributed by atoms with Gasteiger partial charge in [0.1, 0.15) is 12.3 Å². The van der Waals surface area contributed by atoms with Crippen molar-refractivity contribution in [3.8, 4) is 5.75 Å². The zero-order valence-corrected chi connectivity index (χ0v) is 10.6. The molecule has 1 aromatic heterocycles. The Balaban J connectivity index is 2.18. The van der Waals surface area contributed by atoms with Gasteiger partial charge in [0.25, 0.3) is 5.91 Å². The van der Waals surface area contributed by atoms with Crippen LogP contribution in [0.4, 0.5) is 5.69 Å². The highest BCUT2D eigenvalue weighted by Crippen LogP contribution is 2.20. The molecule has 0 aliphatic carbocycles. The van der Waals surface area contributed by atoms with E-state index in [-0.39, 0.29) is 18.0 Å². The van der Waals surface area contributed by atoms with Gasteiger partial charge < -0.3 is 15.1 Å². The number of carbonyl (C=O) groups is 2. The predicted octanol–water partition coefficient (Wildman–Crippen LogP) is 0.345. The number of nitrogens with zero attached hydrogens (tertiary/aromatic N) is 4. The molecule has 0 unspecified atom stereocenters. The second-order valence-corrected chi connectivity index (χ2v) is 4.08. The zero-order chi connectivity index (χ0) is 14.7. The van der Waals surface area contributed by atoms with Crippen molar-refractivity contribution in [2.75, 3.05) is 11.9 Å². The first kappa shape index (κ1) is 13.5. The van der Waals surface area contributed by atoms with E-state index in [1.807, 2.05) is 0 Å². The number of carbonyl (C=O) groups excluding carboxylic acids is 1. The maximum absolute atomic E-state index is 12.1. The van der Waals surface area contributed by atoms with Crippen molar-refractivity contribution in [1.82, 2.24) is 15.0 Å². The number of benzene rings is 1. The van der Waals surface area contributed by atoms with Crippen molar-refractivity contribution in [1.29, 1.82) is 0 Å². The van der Waals surface area contributed by atoms with Gasteiger partial charge in [0.2, 0.25) is 0 Å². The summed E-state index contributed by atoms with van der Waals surface area (Å²) in [5, 5.41) is 25.2. The first-order chi connectivity index (χ1) is 9.47. The van der Waals surface area contributed by atoms with E-state index < -0.39 is 11.9 Å². The van der Waals surface area contributed by atoms with E-state index in [1.165, 1.54) is 30.3 Å². The number of carboxylic acid groups (broad SMARTS) is 1. The first-order valence-electron chi connectivity index (χ1n) is 5.66. The number of aliphatic carboxylic acids is 1. The molecule has 8 heteroatoms. The van der Waals surface area contributed by atoms with E-state index in [1.54, 1.807) is 12.1 Å². The lowest BCUT2D eigenvalue weighted by atomic mass is 10.2. The van der Waals surface area contributed by atoms with Crippen LogP contribution in [-0.2, 0) is 11.3 Å². The molecule has 2 rings (SSSR count). The zero-order valence-electron chi connectivity index (χ0n) is 10.6. The summed E-state index contributed by atoms with van der Waals surface area (Å²) in [6, 6.07) is 6.18. The molecule has 1 amide bonds. The summed E-state index contributed by atoms with van der Waals surface area (Å²) in [5.41, 5.74) is 0.514. The monoisotopic (exact) mass is 276 g/mol. The summed E-state index contributed by atoms with van der Waals surface area (Å²) in [6.07, 6.45) is 1.26. The van der Waals surface area contributed by atoms with Gasteiger partial charge in [-0.1, -0.05) is 11.3 Å². The lowest BCUT2D eigenvalue weighted by Crippen LogP contribution is -2.26. The molecule has 0 radical (unpaired) electrons. The SMILES string of the molecule is CN(C(=O)c1cn(CC(=O)O)nn1)c1cccc(O)c1. The minimum atomic E-state index is -1.07. The van der Waals surface area contributed by atoms with Gasteiger partial charge in [-0.3, -0.25) is 9.59 Å². The number of aromatic hydroxyl groups is 1. The number of carboxylic acids is 1. The molecule has 8 nitrogen and oxygen atoms in total. The Hall–Kier alpha value is -2.90. The Kier molecular flexibility index (Phi) is 3.65. The fourth-order valence-corrected chi connectivity index (χ4v) is 1.60. The van der Waals surface area contributed by atoms with E-state index >= 15 is 0 Å². The Morgan fingerprint density at radius 1 is 1.40 bits per heavy atom. The summed E-state index contributed by atoms with van der Waals surface area (Å²) in [4.78, 5) is 24.0. The number of anilines is 1. The lowest BCUT2D eigenvalue weighted by Gasteiger charge is -2.15. The third-order valence-corrected chi connectivity index (χ3v) is 2.58. The molecular weight excluding hydrogens is 264 g/mol. The first-order valence-corrected chi connectivity index (χ1v) is 5.66. The van der Waals surface area contributed by atoms with E-state index in [9.17, 15) is 14.7 Å². The van der Waals surface area contributed by atoms with Crippen LogP contribution in [0, 0.1) is 0 Å². The van der Waals surface area contributed by atoms with Crippen LogP contribution in [0.1, 0.15) is 10.5 Å². The number of hydrogen-bond donors (Lipinski definition) is 2. The molecule has 0 saturated carbocycles. The summed E-state index contributed by atoms with van der Waals surface area (Å²) in [6.45, 7) is -0.365. The molecule has 1 aromatic carbocycles. The van der Waals surface area contributed by atoms with Gasteiger partial charge in [-0.25, -0.2) is 4.68 Å². The fraction of sp³-hybridized carbons (Fsp3) is 0.167. The van der Waals surface area contributed by atoms with Crippen LogP contribution in [0.2, 0.25) is 0 Å². The van der Waals surface area contributed by atoms with Gasteiger partial charge in [-0.2, -0.15) is 0 Å². The minimum Gasteiger partial charge on any atom is -0.508 e. The van der Waals surface area contributed by atoms with Crippen molar-refractivity contribution in [2.45, 2.75) is 6.54 Å². The van der Waals surface area contributed by atoms with Gasteiger partial charge in [-0.15, -0.1) is 5.10 Å². The average molecular weight is 276 g/mol. The number of aromatic nitrogens is 3. The molecule has 2 aromatic rings. The van der Waals surface area contributed by atoms with Crippen LogP contribution in [0.15, 0.2) is 30.5 Å². The normalized spacial score (nSPS) is 10.2. The molecule has 20 heavy (non-hydrogen) atoms. The molecule has 1 heterocycles. The summed E-state index contributed by atoms with van der Waals surface area (Å²) in [5.74, 6) is -1.49. The van der Waals surface area contributed by atoms with Crippen LogP contribution < -0.4 is 4.90 Å². The van der Waals surface area contributed by atoms with Crippen molar-refractivity contribution in [3.05, 3.63) is 36.2 Å². The molecule has 0 saturated heterocycles. The van der Waals surface area contributed by atoms with Crippen molar-refractivity contribution in [3.63, 3.8) is 0 Å². The minimum absolute atomic E-state index is 0.0251. The standard InChI is InChI=1S/C12H12N4O4/c1-15(8-3-2-4-9(17)5-8)12(20)10-6-16(14-13-10)7-11(18)19/h2-6,17H,7H2,1H3,(H,18,19). The van der Waals surface area contributed by atoms with Gasteiger partial charge in [0, 0.05) is 18.8 Å². The fourth-order valence-electron chi connectivity index (χ4n) is 1.60. The highest BCUT2D eigenvalue weighted by molar-refractivity contribution is 6.04. The van der Waals surface area contributed by atoms with Crippen molar-refractivity contribution < 1.29 is 19.8 Å². The Morgan fingerprint density at radius 3 is 2.80 bits per heavy atom. The van der Waals surface area contributed by atoms with Gasteiger partial charge >= 0.3 is 5.97 Å². The second kappa shape index (κ2) is 5.39. The van der Waals surface area contributed by atoms with Gasteiger partial charge in [0.15, 0.2) is 5.69 Å². The van der Waals surface area contributed by atoms with Crippen LogP contribution in [0.25, 0.3) is 0 Å². The highest BCUT2D eigenvalue weighted by Gasteiger charge is 2.18. The van der Waals surface area contributed by atoms with E-state index in [2.05, 4.69) is 10.3 Å². The molecule has 104 valence electrons. The maximum Gasteiger partial charge on any atom is 0.325 e. The number of amides is 1. The summed E-state index contributed by atoms with van der Waals surface area (Å²) < 4.78 is 1.06. The molecule has 0 bridgehead atoms. The predicted molar refractivity (Wildman–Crippen MR) is 68.5 cm³/mol. The lowest BCUT2D eigenvalue weighted by molar-refractivity contribution is -0.137. The number of phenols is 1. The number of phenolic OH excluding ortho intramolecular Hbond substituents is 1. The number of hydrogen-bond acceptors (Lipinski definition) is 5. The molecule has 0 aliphatic heterocycles. The maximum atomic E-state index is 12.1. The average Bonchev–Trinajstić information content (AvgIpc) is 2.84. The van der Waals surface area contributed by atoms with E-state index in [4.69, 9.17) is 5.11 Å². The smallest absolute Gasteiger partial charge is 0.325 e. The van der Waals surface area contributed by atoms with Crippen molar-refractivity contribution in [2.24, 2.45) is 0 Å². The Bertz CT molecular complexity index is 652. The van der Waals surface area contributed by atoms with Crippen LogP contribution >= 0.6 is 0 Å². The van der Waals surface area contributed by atoms with Crippen LogP contribution in [0.5, 0.6) is 5.75 Å². The molecule has 0 spiro atoms. The van der Waals surface area contributed by atoms with Crippen LogP contribution in [-0.4, -0.2) is 44.1 Å².